The lowest BCUT2D eigenvalue weighted by molar-refractivity contribution is 0.0493. The number of nitrogens with zero attached hydrogens (tertiary/aromatic N) is 3. The molecule has 2 aromatic carbocycles. The van der Waals surface area contributed by atoms with E-state index >= 15 is 0 Å². The van der Waals surface area contributed by atoms with Crippen LogP contribution in [0.3, 0.4) is 0 Å². The van der Waals surface area contributed by atoms with Crippen LogP contribution in [0.25, 0.3) is 16.8 Å². The molecule has 0 fully saturated rings. The minimum absolute atomic E-state index is 0.0113. The lowest BCUT2D eigenvalue weighted by atomic mass is 10.1. The Hall–Kier alpha value is -3.32. The van der Waals surface area contributed by atoms with E-state index in [1.807, 2.05) is 42.5 Å². The van der Waals surface area contributed by atoms with Crippen molar-refractivity contribution in [3.8, 4) is 17.0 Å². The van der Waals surface area contributed by atoms with Gasteiger partial charge in [-0.05, 0) is 36.2 Å². The van der Waals surface area contributed by atoms with Crippen molar-refractivity contribution >= 4 is 23.4 Å². The predicted molar refractivity (Wildman–Crippen MR) is 125 cm³/mol. The minimum atomic E-state index is -0.590. The number of benzene rings is 2. The summed E-state index contributed by atoms with van der Waals surface area (Å²) < 4.78 is 6.77. The number of unbranched alkanes of at least 4 members (excludes halogenated alkanes) is 3. The Morgan fingerprint density at radius 1 is 1.03 bits per heavy atom. The second-order valence-electron chi connectivity index (χ2n) is 7.44. The van der Waals surface area contributed by atoms with E-state index in [-0.39, 0.29) is 11.4 Å². The molecule has 32 heavy (non-hydrogen) atoms. The number of esters is 1. The molecule has 2 heterocycles. The summed E-state index contributed by atoms with van der Waals surface area (Å²) in [5.74, 6) is -0.943. The lowest BCUT2D eigenvalue weighted by Crippen LogP contribution is -2.09. The second-order valence-corrected chi connectivity index (χ2v) is 8.59. The van der Waals surface area contributed by atoms with E-state index < -0.39 is 5.97 Å². The Labute approximate surface area is 191 Å². The van der Waals surface area contributed by atoms with Crippen molar-refractivity contribution in [1.82, 2.24) is 14.6 Å². The number of hydrogen-bond donors (Lipinski definition) is 1. The van der Waals surface area contributed by atoms with Crippen LogP contribution in [0.1, 0.15) is 43.0 Å². The number of aromatic hydroxyl groups is 1. The summed E-state index contributed by atoms with van der Waals surface area (Å²) in [4.78, 5) is 18.9. The first-order valence-electron chi connectivity index (χ1n) is 10.7. The van der Waals surface area contributed by atoms with Gasteiger partial charge in [-0.1, -0.05) is 68.3 Å². The van der Waals surface area contributed by atoms with E-state index in [2.05, 4.69) is 29.1 Å². The van der Waals surface area contributed by atoms with Crippen LogP contribution in [0.4, 0.5) is 0 Å². The zero-order valence-corrected chi connectivity index (χ0v) is 18.7. The first-order valence-corrected chi connectivity index (χ1v) is 11.5. The third-order valence-electron chi connectivity index (χ3n) is 5.07. The molecule has 0 saturated carbocycles. The Morgan fingerprint density at radius 3 is 2.53 bits per heavy atom. The molecule has 7 heteroatoms. The topological polar surface area (TPSA) is 76.7 Å². The zero-order valence-electron chi connectivity index (χ0n) is 17.9. The molecule has 0 atom stereocenters. The molecular weight excluding hydrogens is 422 g/mol. The molecule has 0 unspecified atom stereocenters. The van der Waals surface area contributed by atoms with Crippen molar-refractivity contribution in [2.24, 2.45) is 0 Å². The van der Waals surface area contributed by atoms with Crippen molar-refractivity contribution in [3.63, 3.8) is 0 Å². The molecule has 1 N–H and O–H groups in total. The van der Waals surface area contributed by atoms with Crippen LogP contribution in [-0.2, 0) is 4.74 Å². The van der Waals surface area contributed by atoms with Crippen LogP contribution in [0, 0.1) is 0 Å². The molecule has 4 rings (SSSR count). The molecule has 0 radical (unpaired) electrons. The quantitative estimate of drug-likeness (QED) is 0.251. The van der Waals surface area contributed by atoms with Gasteiger partial charge >= 0.3 is 5.97 Å². The largest absolute Gasteiger partial charge is 0.493 e. The summed E-state index contributed by atoms with van der Waals surface area (Å²) >= 11 is 1.69. The van der Waals surface area contributed by atoms with Gasteiger partial charge in [-0.25, -0.2) is 9.31 Å². The van der Waals surface area contributed by atoms with E-state index in [0.29, 0.717) is 12.3 Å². The predicted octanol–water partition coefficient (Wildman–Crippen LogP) is 5.99. The first-order chi connectivity index (χ1) is 15.7. The fourth-order valence-electron chi connectivity index (χ4n) is 3.35. The molecule has 0 amide bonds. The highest BCUT2D eigenvalue weighted by molar-refractivity contribution is 7.99. The average Bonchev–Trinajstić information content (AvgIpc) is 3.22. The molecule has 0 spiro atoms. The van der Waals surface area contributed by atoms with E-state index in [1.165, 1.54) is 15.6 Å². The average molecular weight is 448 g/mol. The summed E-state index contributed by atoms with van der Waals surface area (Å²) in [6.07, 6.45) is 7.19. The van der Waals surface area contributed by atoms with Crippen molar-refractivity contribution in [2.75, 3.05) is 6.61 Å². The Morgan fingerprint density at radius 2 is 1.78 bits per heavy atom. The van der Waals surface area contributed by atoms with Crippen molar-refractivity contribution < 1.29 is 14.6 Å². The van der Waals surface area contributed by atoms with Gasteiger partial charge in [0.15, 0.2) is 5.65 Å². The SMILES string of the molecule is CCCCCCOC(=O)c1cn2ncc(-c3ccc(Sc4ccccc4)cc3)c2nc1O. The van der Waals surface area contributed by atoms with Crippen LogP contribution < -0.4 is 0 Å². The second kappa shape index (κ2) is 10.3. The number of hydrogen-bond acceptors (Lipinski definition) is 6. The molecule has 0 aliphatic heterocycles. The summed E-state index contributed by atoms with van der Waals surface area (Å²) in [7, 11) is 0. The maximum absolute atomic E-state index is 12.3. The summed E-state index contributed by atoms with van der Waals surface area (Å²) in [5.41, 5.74) is 2.19. The van der Waals surface area contributed by atoms with Crippen molar-refractivity contribution in [2.45, 2.75) is 42.4 Å². The molecule has 0 aliphatic carbocycles. The normalized spacial score (nSPS) is 11.0. The first kappa shape index (κ1) is 21.9. The number of carbonyl (C=O) groups excluding carboxylic acids is 1. The van der Waals surface area contributed by atoms with Gasteiger partial charge in [-0.15, -0.1) is 0 Å². The summed E-state index contributed by atoms with van der Waals surface area (Å²) in [5, 5.41) is 14.7. The maximum Gasteiger partial charge on any atom is 0.345 e. The Bertz CT molecular complexity index is 1190. The van der Waals surface area contributed by atoms with Crippen LogP contribution in [-0.4, -0.2) is 32.3 Å². The van der Waals surface area contributed by atoms with Crippen LogP contribution in [0.15, 0.2) is 76.8 Å². The smallest absolute Gasteiger partial charge is 0.345 e. The number of aromatic nitrogens is 3. The van der Waals surface area contributed by atoms with Gasteiger partial charge in [0.2, 0.25) is 5.88 Å². The highest BCUT2D eigenvalue weighted by atomic mass is 32.2. The fourth-order valence-corrected chi connectivity index (χ4v) is 4.19. The van der Waals surface area contributed by atoms with Gasteiger partial charge in [0, 0.05) is 15.4 Å². The molecule has 4 aromatic rings. The van der Waals surface area contributed by atoms with Crippen LogP contribution in [0.5, 0.6) is 5.88 Å². The molecule has 0 saturated heterocycles. The monoisotopic (exact) mass is 447 g/mol. The van der Waals surface area contributed by atoms with Crippen LogP contribution >= 0.6 is 11.8 Å². The van der Waals surface area contributed by atoms with Crippen molar-refractivity contribution in [3.05, 3.63) is 72.6 Å². The molecule has 0 bridgehead atoms. The number of ether oxygens (including phenoxy) is 1. The van der Waals surface area contributed by atoms with Gasteiger partial charge in [0.25, 0.3) is 0 Å². The van der Waals surface area contributed by atoms with E-state index in [0.717, 1.165) is 41.7 Å². The third kappa shape index (κ3) is 5.11. The number of carbonyl (C=O) groups is 1. The highest BCUT2D eigenvalue weighted by Gasteiger charge is 2.18. The fraction of sp³-hybridized carbons (Fsp3) is 0.240. The molecule has 0 aliphatic rings. The van der Waals surface area contributed by atoms with Gasteiger partial charge in [-0.3, -0.25) is 0 Å². The van der Waals surface area contributed by atoms with Gasteiger partial charge in [0.1, 0.15) is 5.56 Å². The molecule has 164 valence electrons. The zero-order chi connectivity index (χ0) is 22.3. The summed E-state index contributed by atoms with van der Waals surface area (Å²) in [6, 6.07) is 18.3. The number of fused-ring (bicyclic) bond motifs is 1. The van der Waals surface area contributed by atoms with Crippen molar-refractivity contribution in [1.29, 1.82) is 0 Å². The molecular formula is C25H25N3O3S. The minimum Gasteiger partial charge on any atom is -0.493 e. The maximum atomic E-state index is 12.3. The third-order valence-corrected chi connectivity index (χ3v) is 6.08. The van der Waals surface area contributed by atoms with E-state index in [9.17, 15) is 9.90 Å². The van der Waals surface area contributed by atoms with Gasteiger partial charge in [-0.2, -0.15) is 10.1 Å². The lowest BCUT2D eigenvalue weighted by Gasteiger charge is -2.07. The highest BCUT2D eigenvalue weighted by Crippen LogP contribution is 2.31. The Kier molecular flexibility index (Phi) is 7.07. The standard InChI is InChI=1S/C25H25N3O3S/c1-2-3-4-8-15-31-25(30)22-17-28-23(27-24(22)29)21(16-26-28)18-11-13-20(14-12-18)32-19-9-6-5-7-10-19/h5-7,9-14,16-17H,2-4,8,15H2,1H3,(H,27,29). The molecule has 2 aromatic heterocycles. The molecule has 6 nitrogen and oxygen atoms in total. The van der Waals surface area contributed by atoms with Gasteiger partial charge < -0.3 is 9.84 Å². The Balaban J connectivity index is 1.50. The number of rotatable bonds is 9. The van der Waals surface area contributed by atoms with Gasteiger partial charge in [0.05, 0.1) is 19.0 Å². The van der Waals surface area contributed by atoms with E-state index in [1.54, 1.807) is 18.0 Å². The van der Waals surface area contributed by atoms with Crippen LogP contribution in [0.2, 0.25) is 0 Å². The van der Waals surface area contributed by atoms with E-state index in [4.69, 9.17) is 4.74 Å². The summed E-state index contributed by atoms with van der Waals surface area (Å²) in [6.45, 7) is 2.45.